The number of methoxy groups -OCH3 is 1. The van der Waals surface area contributed by atoms with Crippen LogP contribution in [-0.4, -0.2) is 27.6 Å². The predicted molar refractivity (Wildman–Crippen MR) is 137 cm³/mol. The molecule has 0 spiro atoms. The van der Waals surface area contributed by atoms with Crippen LogP contribution in [-0.2, 0) is 0 Å². The molecule has 0 radical (unpaired) electrons. The van der Waals surface area contributed by atoms with Gasteiger partial charge in [-0.1, -0.05) is 60.7 Å². The van der Waals surface area contributed by atoms with Crippen molar-refractivity contribution in [3.63, 3.8) is 0 Å². The number of benzene rings is 3. The van der Waals surface area contributed by atoms with Crippen LogP contribution in [0.4, 0.5) is 0 Å². The van der Waals surface area contributed by atoms with Gasteiger partial charge in [-0.05, 0) is 55.3 Å². The molecule has 1 atom stereocenters. The first-order chi connectivity index (χ1) is 17.0. The minimum absolute atomic E-state index is 0.161. The molecule has 0 saturated carbocycles. The van der Waals surface area contributed by atoms with Crippen molar-refractivity contribution < 1.29 is 9.53 Å². The summed E-state index contributed by atoms with van der Waals surface area (Å²) in [4.78, 5) is 18.2. The first kappa shape index (κ1) is 22.3. The van der Waals surface area contributed by atoms with Gasteiger partial charge in [0.25, 0.3) is 5.91 Å². The molecule has 0 aliphatic heterocycles. The first-order valence-electron chi connectivity index (χ1n) is 11.5. The number of fused-ring (bicyclic) bond motifs is 1. The van der Waals surface area contributed by atoms with Crippen LogP contribution >= 0.6 is 0 Å². The number of carbonyl (C=O) groups excluding carboxylic acids is 1. The number of nitrogens with zero attached hydrogens (tertiary/aromatic N) is 3. The summed E-state index contributed by atoms with van der Waals surface area (Å²) in [6, 6.07) is 29.2. The second kappa shape index (κ2) is 9.43. The zero-order chi connectivity index (χ0) is 24.4. The van der Waals surface area contributed by atoms with E-state index in [1.807, 2.05) is 103 Å². The van der Waals surface area contributed by atoms with Crippen LogP contribution in [0.3, 0.4) is 0 Å². The molecule has 0 saturated heterocycles. The third-order valence-corrected chi connectivity index (χ3v) is 6.09. The van der Waals surface area contributed by atoms with Crippen molar-refractivity contribution in [2.75, 3.05) is 7.11 Å². The Bertz CT molecular complexity index is 1480. The number of nitrogens with one attached hydrogen (secondary N) is 1. The van der Waals surface area contributed by atoms with Crippen LogP contribution in [0, 0.1) is 6.92 Å². The Morgan fingerprint density at radius 1 is 0.914 bits per heavy atom. The number of hydrogen-bond acceptors (Lipinski definition) is 4. The van der Waals surface area contributed by atoms with E-state index in [2.05, 4.69) is 5.32 Å². The summed E-state index contributed by atoms with van der Waals surface area (Å²) < 4.78 is 7.14. The molecule has 0 bridgehead atoms. The van der Waals surface area contributed by atoms with Crippen molar-refractivity contribution in [2.24, 2.45) is 0 Å². The van der Waals surface area contributed by atoms with Crippen molar-refractivity contribution in [3.05, 3.63) is 108 Å². The zero-order valence-electron chi connectivity index (χ0n) is 19.9. The fourth-order valence-corrected chi connectivity index (χ4v) is 4.25. The summed E-state index contributed by atoms with van der Waals surface area (Å²) in [5.41, 5.74) is 6.44. The summed E-state index contributed by atoms with van der Waals surface area (Å²) in [5.74, 6) is 0.520. The van der Waals surface area contributed by atoms with E-state index >= 15 is 0 Å². The van der Waals surface area contributed by atoms with Crippen LogP contribution in [0.25, 0.3) is 28.0 Å². The average Bonchev–Trinajstić information content (AvgIpc) is 3.24. The highest BCUT2D eigenvalue weighted by Gasteiger charge is 2.21. The third-order valence-electron chi connectivity index (χ3n) is 6.09. The number of rotatable bonds is 6. The van der Waals surface area contributed by atoms with Crippen LogP contribution < -0.4 is 10.1 Å². The molecule has 1 amide bonds. The third kappa shape index (κ3) is 4.38. The summed E-state index contributed by atoms with van der Waals surface area (Å²) in [6.45, 7) is 3.93. The van der Waals surface area contributed by atoms with E-state index in [1.165, 1.54) is 0 Å². The molecular formula is C29H26N4O2. The maximum Gasteiger partial charge on any atom is 0.270 e. The van der Waals surface area contributed by atoms with E-state index in [0.29, 0.717) is 11.3 Å². The van der Waals surface area contributed by atoms with Gasteiger partial charge in [-0.25, -0.2) is 9.50 Å². The highest BCUT2D eigenvalue weighted by Crippen LogP contribution is 2.31. The van der Waals surface area contributed by atoms with Crippen molar-refractivity contribution in [3.8, 4) is 28.1 Å². The van der Waals surface area contributed by atoms with Gasteiger partial charge in [0.05, 0.1) is 24.5 Å². The molecule has 0 fully saturated rings. The lowest BCUT2D eigenvalue weighted by Crippen LogP contribution is -2.27. The lowest BCUT2D eigenvalue weighted by molar-refractivity contribution is 0.0935. The molecule has 174 valence electrons. The van der Waals surface area contributed by atoms with E-state index in [0.717, 1.165) is 39.4 Å². The van der Waals surface area contributed by atoms with E-state index in [9.17, 15) is 4.79 Å². The van der Waals surface area contributed by atoms with Crippen molar-refractivity contribution in [1.82, 2.24) is 19.9 Å². The highest BCUT2D eigenvalue weighted by atomic mass is 16.5. The Balaban J connectivity index is 1.65. The molecule has 0 aliphatic carbocycles. The SMILES string of the molecule is COc1ccc(-c2cc(C(=O)N[C@H](C)c3ccccc3)nc3c(-c4ccccc4)c(C)nn23)cc1. The van der Waals surface area contributed by atoms with Gasteiger partial charge in [0.15, 0.2) is 5.65 Å². The van der Waals surface area contributed by atoms with Gasteiger partial charge in [-0.3, -0.25) is 4.79 Å². The van der Waals surface area contributed by atoms with Crippen LogP contribution in [0.2, 0.25) is 0 Å². The van der Waals surface area contributed by atoms with E-state index in [4.69, 9.17) is 14.8 Å². The van der Waals surface area contributed by atoms with E-state index in [-0.39, 0.29) is 11.9 Å². The smallest absolute Gasteiger partial charge is 0.270 e. The molecule has 3 aromatic carbocycles. The quantitative estimate of drug-likeness (QED) is 0.343. The number of aryl methyl sites for hydroxylation is 1. The molecule has 5 rings (SSSR count). The largest absolute Gasteiger partial charge is 0.497 e. The lowest BCUT2D eigenvalue weighted by Gasteiger charge is -2.15. The standard InChI is InChI=1S/C29H26N4O2/c1-19(21-10-6-4-7-11-21)30-29(34)25-18-26(22-14-16-24(35-3)17-15-22)33-28(31-25)27(20(2)32-33)23-12-8-5-9-13-23/h4-19H,1-3H3,(H,30,34)/t19-/m1/s1. The molecule has 0 unspecified atom stereocenters. The Morgan fingerprint density at radius 2 is 1.57 bits per heavy atom. The number of carbonyl (C=O) groups is 1. The lowest BCUT2D eigenvalue weighted by atomic mass is 10.1. The molecule has 6 nitrogen and oxygen atoms in total. The van der Waals surface area contributed by atoms with Crippen molar-refractivity contribution in [1.29, 1.82) is 0 Å². The van der Waals surface area contributed by atoms with Crippen molar-refractivity contribution >= 4 is 11.6 Å². The van der Waals surface area contributed by atoms with Gasteiger partial charge >= 0.3 is 0 Å². The van der Waals surface area contributed by atoms with Crippen LogP contribution in [0.5, 0.6) is 5.75 Å². The Labute approximate surface area is 204 Å². The number of ether oxygens (including phenoxy) is 1. The molecule has 35 heavy (non-hydrogen) atoms. The molecule has 1 N–H and O–H groups in total. The molecule has 6 heteroatoms. The number of hydrogen-bond donors (Lipinski definition) is 1. The van der Waals surface area contributed by atoms with Gasteiger partial charge in [-0.15, -0.1) is 0 Å². The first-order valence-corrected chi connectivity index (χ1v) is 11.5. The average molecular weight is 463 g/mol. The molecule has 0 aliphatic rings. The molecule has 5 aromatic rings. The van der Waals surface area contributed by atoms with Crippen molar-refractivity contribution in [2.45, 2.75) is 19.9 Å². The summed E-state index contributed by atoms with van der Waals surface area (Å²) in [6.07, 6.45) is 0. The van der Waals surface area contributed by atoms with E-state index in [1.54, 1.807) is 13.2 Å². The number of amides is 1. The normalized spacial score (nSPS) is 11.9. The van der Waals surface area contributed by atoms with Gasteiger partial charge in [-0.2, -0.15) is 5.10 Å². The van der Waals surface area contributed by atoms with Crippen LogP contribution in [0.1, 0.15) is 34.7 Å². The van der Waals surface area contributed by atoms with E-state index < -0.39 is 0 Å². The van der Waals surface area contributed by atoms with Gasteiger partial charge in [0.2, 0.25) is 0 Å². The monoisotopic (exact) mass is 462 g/mol. The minimum Gasteiger partial charge on any atom is -0.497 e. The summed E-state index contributed by atoms with van der Waals surface area (Å²) in [5, 5.41) is 7.90. The second-order valence-corrected chi connectivity index (χ2v) is 8.42. The highest BCUT2D eigenvalue weighted by molar-refractivity contribution is 5.95. The molecule has 2 aromatic heterocycles. The maximum atomic E-state index is 13.4. The predicted octanol–water partition coefficient (Wildman–Crippen LogP) is 5.87. The summed E-state index contributed by atoms with van der Waals surface area (Å²) in [7, 11) is 1.64. The van der Waals surface area contributed by atoms with Crippen LogP contribution in [0.15, 0.2) is 91.0 Å². The fraction of sp³-hybridized carbons (Fsp3) is 0.138. The topological polar surface area (TPSA) is 68.5 Å². The van der Waals surface area contributed by atoms with Gasteiger partial charge in [0.1, 0.15) is 11.4 Å². The minimum atomic E-state index is -0.239. The summed E-state index contributed by atoms with van der Waals surface area (Å²) >= 11 is 0. The number of aromatic nitrogens is 3. The van der Waals surface area contributed by atoms with Gasteiger partial charge in [0, 0.05) is 11.1 Å². The Hall–Kier alpha value is -4.45. The second-order valence-electron chi connectivity index (χ2n) is 8.42. The zero-order valence-corrected chi connectivity index (χ0v) is 19.9. The molecule has 2 heterocycles. The Kier molecular flexibility index (Phi) is 6.02. The van der Waals surface area contributed by atoms with Gasteiger partial charge < -0.3 is 10.1 Å². The Morgan fingerprint density at radius 3 is 2.23 bits per heavy atom. The molecular weight excluding hydrogens is 436 g/mol. The maximum absolute atomic E-state index is 13.4. The fourth-order valence-electron chi connectivity index (χ4n) is 4.25.